The SMILES string of the molecule is Cn1cc(C2=CCN(C(=O)OC(C)(C)C)CC2)c2ccccc21. The van der Waals surface area contributed by atoms with Crippen LogP contribution in [0.2, 0.25) is 0 Å². The molecule has 1 aromatic carbocycles. The van der Waals surface area contributed by atoms with E-state index in [1.54, 1.807) is 4.90 Å². The molecule has 0 radical (unpaired) electrons. The summed E-state index contributed by atoms with van der Waals surface area (Å²) >= 11 is 0. The van der Waals surface area contributed by atoms with Gasteiger partial charge in [-0.3, -0.25) is 0 Å². The zero-order chi connectivity index (χ0) is 16.6. The van der Waals surface area contributed by atoms with Crippen LogP contribution in [0.15, 0.2) is 36.5 Å². The van der Waals surface area contributed by atoms with Gasteiger partial charge in [0.2, 0.25) is 0 Å². The average molecular weight is 312 g/mol. The quantitative estimate of drug-likeness (QED) is 0.791. The minimum absolute atomic E-state index is 0.231. The molecule has 4 heteroatoms. The fourth-order valence-electron chi connectivity index (χ4n) is 3.00. The summed E-state index contributed by atoms with van der Waals surface area (Å²) in [6, 6.07) is 8.43. The predicted molar refractivity (Wildman–Crippen MR) is 93.3 cm³/mol. The number of fused-ring (bicyclic) bond motifs is 1. The Labute approximate surface area is 137 Å². The van der Waals surface area contributed by atoms with Crippen molar-refractivity contribution < 1.29 is 9.53 Å². The molecule has 122 valence electrons. The molecule has 2 heterocycles. The number of hydrogen-bond donors (Lipinski definition) is 0. The molecule has 0 saturated carbocycles. The smallest absolute Gasteiger partial charge is 0.410 e. The van der Waals surface area contributed by atoms with Gasteiger partial charge in [0.15, 0.2) is 0 Å². The van der Waals surface area contributed by atoms with Crippen molar-refractivity contribution in [2.75, 3.05) is 13.1 Å². The molecule has 1 aliphatic rings. The molecule has 0 fully saturated rings. The first kappa shape index (κ1) is 15.7. The third-order valence-corrected chi connectivity index (χ3v) is 4.10. The molecule has 1 aliphatic heterocycles. The van der Waals surface area contributed by atoms with Crippen LogP contribution < -0.4 is 0 Å². The minimum atomic E-state index is -0.448. The van der Waals surface area contributed by atoms with Gasteiger partial charge in [0, 0.05) is 42.8 Å². The Kier molecular flexibility index (Phi) is 3.92. The summed E-state index contributed by atoms with van der Waals surface area (Å²) in [4.78, 5) is 13.9. The van der Waals surface area contributed by atoms with Gasteiger partial charge < -0.3 is 14.2 Å². The lowest BCUT2D eigenvalue weighted by atomic mass is 9.99. The number of amides is 1. The van der Waals surface area contributed by atoms with E-state index in [1.165, 1.54) is 22.0 Å². The van der Waals surface area contributed by atoms with Gasteiger partial charge >= 0.3 is 6.09 Å². The lowest BCUT2D eigenvalue weighted by Gasteiger charge is -2.29. The van der Waals surface area contributed by atoms with Crippen LogP contribution >= 0.6 is 0 Å². The number of hydrogen-bond acceptors (Lipinski definition) is 2. The van der Waals surface area contributed by atoms with Crippen molar-refractivity contribution >= 4 is 22.6 Å². The molecule has 0 bridgehead atoms. The average Bonchev–Trinajstić information content (AvgIpc) is 2.83. The number of para-hydroxylation sites is 1. The molecule has 0 N–H and O–H groups in total. The number of carbonyl (C=O) groups is 1. The Bertz CT molecular complexity index is 765. The fourth-order valence-corrected chi connectivity index (χ4v) is 3.00. The van der Waals surface area contributed by atoms with Crippen molar-refractivity contribution in [2.24, 2.45) is 7.05 Å². The Morgan fingerprint density at radius 3 is 2.61 bits per heavy atom. The number of rotatable bonds is 1. The van der Waals surface area contributed by atoms with Gasteiger partial charge in [-0.15, -0.1) is 0 Å². The summed E-state index contributed by atoms with van der Waals surface area (Å²) in [6.45, 7) is 6.99. The maximum Gasteiger partial charge on any atom is 0.410 e. The molecule has 0 spiro atoms. The number of benzene rings is 1. The summed E-state index contributed by atoms with van der Waals surface area (Å²) in [5.41, 5.74) is 3.36. The summed E-state index contributed by atoms with van der Waals surface area (Å²) in [7, 11) is 2.07. The minimum Gasteiger partial charge on any atom is -0.444 e. The Balaban J connectivity index is 1.80. The lowest BCUT2D eigenvalue weighted by Crippen LogP contribution is -2.39. The molecular formula is C19H24N2O2. The van der Waals surface area contributed by atoms with Crippen LogP contribution in [0, 0.1) is 0 Å². The highest BCUT2D eigenvalue weighted by atomic mass is 16.6. The fraction of sp³-hybridized carbons (Fsp3) is 0.421. The molecular weight excluding hydrogens is 288 g/mol. The van der Waals surface area contributed by atoms with Crippen LogP contribution in [0.3, 0.4) is 0 Å². The van der Waals surface area contributed by atoms with Crippen molar-refractivity contribution in [3.63, 3.8) is 0 Å². The topological polar surface area (TPSA) is 34.5 Å². The molecule has 0 unspecified atom stereocenters. The monoisotopic (exact) mass is 312 g/mol. The van der Waals surface area contributed by atoms with Gasteiger partial charge in [-0.2, -0.15) is 0 Å². The normalized spacial score (nSPS) is 15.7. The maximum atomic E-state index is 12.1. The van der Waals surface area contributed by atoms with Gasteiger partial charge in [-0.05, 0) is 38.8 Å². The first-order valence-electron chi connectivity index (χ1n) is 8.06. The van der Waals surface area contributed by atoms with E-state index in [1.807, 2.05) is 20.8 Å². The third kappa shape index (κ3) is 3.26. The Morgan fingerprint density at radius 2 is 1.96 bits per heavy atom. The summed E-state index contributed by atoms with van der Waals surface area (Å²) < 4.78 is 7.60. The first-order chi connectivity index (χ1) is 10.8. The highest BCUT2D eigenvalue weighted by molar-refractivity contribution is 5.93. The largest absolute Gasteiger partial charge is 0.444 e. The number of aromatic nitrogens is 1. The summed E-state index contributed by atoms with van der Waals surface area (Å²) in [6.07, 6.45) is 4.95. The van der Waals surface area contributed by atoms with Crippen molar-refractivity contribution in [1.82, 2.24) is 9.47 Å². The Hall–Kier alpha value is -2.23. The van der Waals surface area contributed by atoms with Gasteiger partial charge in [0.25, 0.3) is 0 Å². The van der Waals surface area contributed by atoms with Crippen LogP contribution in [0.4, 0.5) is 4.79 Å². The van der Waals surface area contributed by atoms with Crippen LogP contribution in [-0.4, -0.2) is 34.3 Å². The van der Waals surface area contributed by atoms with Gasteiger partial charge in [-0.25, -0.2) is 4.79 Å². The van der Waals surface area contributed by atoms with Gasteiger partial charge in [-0.1, -0.05) is 24.3 Å². The second-order valence-corrected chi connectivity index (χ2v) is 7.08. The van der Waals surface area contributed by atoms with Gasteiger partial charge in [0.1, 0.15) is 5.60 Å². The number of nitrogens with zero attached hydrogens (tertiary/aromatic N) is 2. The summed E-state index contributed by atoms with van der Waals surface area (Å²) in [5, 5.41) is 1.27. The van der Waals surface area contributed by atoms with Crippen molar-refractivity contribution in [3.8, 4) is 0 Å². The van der Waals surface area contributed by atoms with Crippen LogP contribution in [0.25, 0.3) is 16.5 Å². The van der Waals surface area contributed by atoms with Crippen molar-refractivity contribution in [3.05, 3.63) is 42.1 Å². The molecule has 2 aromatic rings. The predicted octanol–water partition coefficient (Wildman–Crippen LogP) is 4.20. The van der Waals surface area contributed by atoms with Gasteiger partial charge in [0.05, 0.1) is 0 Å². The molecule has 0 saturated heterocycles. The van der Waals surface area contributed by atoms with E-state index in [2.05, 4.69) is 48.2 Å². The molecule has 0 atom stereocenters. The van der Waals surface area contributed by atoms with E-state index in [4.69, 9.17) is 4.74 Å². The number of aryl methyl sites for hydroxylation is 1. The molecule has 4 nitrogen and oxygen atoms in total. The second-order valence-electron chi connectivity index (χ2n) is 7.08. The molecule has 1 amide bonds. The zero-order valence-electron chi connectivity index (χ0n) is 14.3. The van der Waals surface area contributed by atoms with Crippen LogP contribution in [-0.2, 0) is 11.8 Å². The van der Waals surface area contributed by atoms with E-state index in [9.17, 15) is 4.79 Å². The molecule has 1 aromatic heterocycles. The van der Waals surface area contributed by atoms with Crippen LogP contribution in [0.5, 0.6) is 0 Å². The van der Waals surface area contributed by atoms with E-state index >= 15 is 0 Å². The Morgan fingerprint density at radius 1 is 1.22 bits per heavy atom. The highest BCUT2D eigenvalue weighted by Crippen LogP contribution is 2.30. The second kappa shape index (κ2) is 5.76. The molecule has 0 aliphatic carbocycles. The van der Waals surface area contributed by atoms with Crippen LogP contribution in [0.1, 0.15) is 32.8 Å². The standard InChI is InChI=1S/C19H24N2O2/c1-19(2,3)23-18(22)21-11-9-14(10-12-21)16-13-20(4)17-8-6-5-7-15(16)17/h5-9,13H,10-12H2,1-4H3. The zero-order valence-corrected chi connectivity index (χ0v) is 14.3. The van der Waals surface area contributed by atoms with E-state index < -0.39 is 5.60 Å². The number of ether oxygens (including phenoxy) is 1. The van der Waals surface area contributed by atoms with Crippen molar-refractivity contribution in [2.45, 2.75) is 32.8 Å². The highest BCUT2D eigenvalue weighted by Gasteiger charge is 2.24. The summed E-state index contributed by atoms with van der Waals surface area (Å²) in [5.74, 6) is 0. The molecule has 3 rings (SSSR count). The van der Waals surface area contributed by atoms with E-state index in [-0.39, 0.29) is 6.09 Å². The third-order valence-electron chi connectivity index (χ3n) is 4.10. The molecule has 23 heavy (non-hydrogen) atoms. The first-order valence-corrected chi connectivity index (χ1v) is 8.06. The number of carbonyl (C=O) groups excluding carboxylic acids is 1. The maximum absolute atomic E-state index is 12.1. The van der Waals surface area contributed by atoms with E-state index in [0.29, 0.717) is 13.1 Å². The van der Waals surface area contributed by atoms with E-state index in [0.717, 1.165) is 6.42 Å². The van der Waals surface area contributed by atoms with Crippen molar-refractivity contribution in [1.29, 1.82) is 0 Å². The lowest BCUT2D eigenvalue weighted by molar-refractivity contribution is 0.0270.